The first kappa shape index (κ1) is 15.5. The molecule has 0 amide bonds. The minimum absolute atomic E-state index is 0.00706. The molecule has 1 aliphatic heterocycles. The van der Waals surface area contributed by atoms with E-state index in [0.717, 1.165) is 44.2 Å². The molecule has 1 saturated heterocycles. The number of hydrogen-bond acceptors (Lipinski definition) is 2. The van der Waals surface area contributed by atoms with Gasteiger partial charge in [-0.3, -0.25) is 4.79 Å². The van der Waals surface area contributed by atoms with Gasteiger partial charge in [0.2, 0.25) is 0 Å². The van der Waals surface area contributed by atoms with Crippen LogP contribution in [0, 0.1) is 0 Å². The second-order valence-electron chi connectivity index (χ2n) is 6.85. The van der Waals surface area contributed by atoms with Gasteiger partial charge in [0.25, 0.3) is 0 Å². The van der Waals surface area contributed by atoms with Gasteiger partial charge in [-0.25, -0.2) is 0 Å². The van der Waals surface area contributed by atoms with E-state index in [2.05, 4.69) is 12.1 Å². The summed E-state index contributed by atoms with van der Waals surface area (Å²) in [6.45, 7) is 4.31. The van der Waals surface area contributed by atoms with Crippen LogP contribution in [-0.4, -0.2) is 32.2 Å². The van der Waals surface area contributed by atoms with Crippen LogP contribution in [0.5, 0.6) is 0 Å². The molecular formula is C19H28NO2+. The summed E-state index contributed by atoms with van der Waals surface area (Å²) in [5.74, 6) is 0.00706. The normalized spacial score (nSPS) is 21.1. The number of hydrogen-bond donors (Lipinski definition) is 1. The Labute approximate surface area is 133 Å². The van der Waals surface area contributed by atoms with Gasteiger partial charge in [0.1, 0.15) is 0 Å². The van der Waals surface area contributed by atoms with E-state index in [1.165, 1.54) is 25.9 Å². The van der Waals surface area contributed by atoms with Crippen molar-refractivity contribution in [2.24, 2.45) is 0 Å². The summed E-state index contributed by atoms with van der Waals surface area (Å²) < 4.78 is 5.69. The lowest BCUT2D eigenvalue weighted by molar-refractivity contribution is -0.887. The Morgan fingerprint density at radius 2 is 1.73 bits per heavy atom. The number of benzene rings is 1. The highest BCUT2D eigenvalue weighted by Crippen LogP contribution is 2.42. The smallest absolute Gasteiger partial charge is 0.316 e. The van der Waals surface area contributed by atoms with Gasteiger partial charge < -0.3 is 9.64 Å². The number of carbonyl (C=O) groups excluding carboxylic acids is 1. The van der Waals surface area contributed by atoms with E-state index in [0.29, 0.717) is 6.61 Å². The highest BCUT2D eigenvalue weighted by atomic mass is 16.5. The van der Waals surface area contributed by atoms with E-state index in [-0.39, 0.29) is 11.4 Å². The third-order valence-electron chi connectivity index (χ3n) is 5.39. The van der Waals surface area contributed by atoms with E-state index >= 15 is 0 Å². The van der Waals surface area contributed by atoms with Crippen molar-refractivity contribution in [1.29, 1.82) is 0 Å². The Morgan fingerprint density at radius 3 is 2.41 bits per heavy atom. The van der Waals surface area contributed by atoms with Crippen LogP contribution in [0.2, 0.25) is 0 Å². The van der Waals surface area contributed by atoms with Gasteiger partial charge in [0.05, 0.1) is 31.7 Å². The summed E-state index contributed by atoms with van der Waals surface area (Å²) in [5.41, 5.74) is 0.768. The van der Waals surface area contributed by atoms with Crippen molar-refractivity contribution in [2.45, 2.75) is 50.4 Å². The van der Waals surface area contributed by atoms with Gasteiger partial charge in [-0.2, -0.15) is 0 Å². The zero-order chi connectivity index (χ0) is 15.3. The van der Waals surface area contributed by atoms with E-state index < -0.39 is 0 Å². The molecule has 1 aliphatic carbocycles. The molecule has 120 valence electrons. The number of likely N-dealkylation sites (tertiary alicyclic amines) is 1. The van der Waals surface area contributed by atoms with Crippen LogP contribution in [0.25, 0.3) is 0 Å². The molecule has 3 rings (SSSR count). The second-order valence-corrected chi connectivity index (χ2v) is 6.85. The molecular weight excluding hydrogens is 274 g/mol. The van der Waals surface area contributed by atoms with Gasteiger partial charge in [0.15, 0.2) is 0 Å². The van der Waals surface area contributed by atoms with E-state index in [9.17, 15) is 4.79 Å². The van der Waals surface area contributed by atoms with Gasteiger partial charge in [-0.05, 0) is 18.4 Å². The minimum atomic E-state index is -0.373. The summed E-state index contributed by atoms with van der Waals surface area (Å²) in [5, 5.41) is 0. The molecule has 1 aromatic rings. The number of carbonyl (C=O) groups is 1. The maximum Gasteiger partial charge on any atom is 0.316 e. The van der Waals surface area contributed by atoms with Crippen LogP contribution in [0.15, 0.2) is 30.3 Å². The van der Waals surface area contributed by atoms with Crippen LogP contribution in [0.3, 0.4) is 0 Å². The van der Waals surface area contributed by atoms with Crippen LogP contribution < -0.4 is 4.90 Å². The molecule has 1 N–H and O–H groups in total. The Morgan fingerprint density at radius 1 is 1.05 bits per heavy atom. The zero-order valence-corrected chi connectivity index (χ0v) is 13.5. The topological polar surface area (TPSA) is 30.7 Å². The van der Waals surface area contributed by atoms with Crippen molar-refractivity contribution in [3.63, 3.8) is 0 Å². The van der Waals surface area contributed by atoms with Crippen molar-refractivity contribution in [1.82, 2.24) is 0 Å². The quantitative estimate of drug-likeness (QED) is 0.644. The van der Waals surface area contributed by atoms with E-state index in [1.54, 1.807) is 4.90 Å². The largest absolute Gasteiger partial charge is 0.465 e. The van der Waals surface area contributed by atoms with Gasteiger partial charge in [0, 0.05) is 19.3 Å². The first-order valence-electron chi connectivity index (χ1n) is 8.88. The highest BCUT2D eigenvalue weighted by molar-refractivity contribution is 5.83. The molecule has 22 heavy (non-hydrogen) atoms. The van der Waals surface area contributed by atoms with Crippen LogP contribution >= 0.6 is 0 Å². The lowest BCUT2D eigenvalue weighted by Gasteiger charge is -2.27. The van der Waals surface area contributed by atoms with Crippen molar-refractivity contribution in [2.75, 3.05) is 26.2 Å². The molecule has 2 aliphatic rings. The van der Waals surface area contributed by atoms with Crippen LogP contribution in [0.1, 0.15) is 50.5 Å². The van der Waals surface area contributed by atoms with Gasteiger partial charge >= 0.3 is 5.97 Å². The Bertz CT molecular complexity index is 473. The average molecular weight is 302 g/mol. The summed E-state index contributed by atoms with van der Waals surface area (Å²) >= 11 is 0. The predicted molar refractivity (Wildman–Crippen MR) is 87.0 cm³/mol. The summed E-state index contributed by atoms with van der Waals surface area (Å²) in [7, 11) is 0. The van der Waals surface area contributed by atoms with Gasteiger partial charge in [-0.1, -0.05) is 43.2 Å². The van der Waals surface area contributed by atoms with Crippen molar-refractivity contribution >= 4 is 5.97 Å². The lowest BCUT2D eigenvalue weighted by atomic mass is 9.79. The minimum Gasteiger partial charge on any atom is -0.465 e. The summed E-state index contributed by atoms with van der Waals surface area (Å²) in [6, 6.07) is 10.2. The monoisotopic (exact) mass is 302 g/mol. The molecule has 1 heterocycles. The number of ether oxygens (including phenoxy) is 1. The molecule has 2 fully saturated rings. The highest BCUT2D eigenvalue weighted by Gasteiger charge is 2.43. The SMILES string of the molecule is O=C(OCCC[NH+]1CCCC1)C1(c2ccccc2)CCCC1. The van der Waals surface area contributed by atoms with Crippen molar-refractivity contribution < 1.29 is 14.4 Å². The van der Waals surface area contributed by atoms with Crippen molar-refractivity contribution in [3.8, 4) is 0 Å². The molecule has 0 bridgehead atoms. The third-order valence-corrected chi connectivity index (χ3v) is 5.39. The Balaban J connectivity index is 1.54. The summed E-state index contributed by atoms with van der Waals surface area (Å²) in [6.07, 6.45) is 7.83. The lowest BCUT2D eigenvalue weighted by Crippen LogP contribution is -3.10. The van der Waals surface area contributed by atoms with E-state index in [4.69, 9.17) is 4.74 Å². The molecule has 0 radical (unpaired) electrons. The van der Waals surface area contributed by atoms with Crippen LogP contribution in [-0.2, 0) is 14.9 Å². The average Bonchev–Trinajstić information content (AvgIpc) is 3.24. The maximum atomic E-state index is 12.7. The molecule has 1 aromatic carbocycles. The zero-order valence-electron chi connectivity index (χ0n) is 13.5. The molecule has 3 heteroatoms. The van der Waals surface area contributed by atoms with Gasteiger partial charge in [-0.15, -0.1) is 0 Å². The molecule has 0 aromatic heterocycles. The maximum absolute atomic E-state index is 12.7. The fourth-order valence-corrected chi connectivity index (χ4v) is 4.10. The van der Waals surface area contributed by atoms with Crippen molar-refractivity contribution in [3.05, 3.63) is 35.9 Å². The number of esters is 1. The number of quaternary nitrogens is 1. The predicted octanol–water partition coefficient (Wildman–Crippen LogP) is 2.11. The molecule has 3 nitrogen and oxygen atoms in total. The summed E-state index contributed by atoms with van der Waals surface area (Å²) in [4.78, 5) is 14.4. The first-order valence-corrected chi connectivity index (χ1v) is 8.88. The second kappa shape index (κ2) is 7.28. The Kier molecular flexibility index (Phi) is 5.14. The first-order chi connectivity index (χ1) is 10.8. The Hall–Kier alpha value is -1.35. The molecule has 0 atom stereocenters. The van der Waals surface area contributed by atoms with Crippen LogP contribution in [0.4, 0.5) is 0 Å². The number of rotatable bonds is 6. The fourth-order valence-electron chi connectivity index (χ4n) is 4.10. The van der Waals surface area contributed by atoms with E-state index in [1.807, 2.05) is 18.2 Å². The molecule has 0 unspecified atom stereocenters. The fraction of sp³-hybridized carbons (Fsp3) is 0.632. The molecule has 1 saturated carbocycles. The molecule has 0 spiro atoms. The number of nitrogens with one attached hydrogen (secondary N) is 1. The standard InChI is InChI=1S/C19H27NO2/c21-18(22-16-8-15-20-13-6-7-14-20)19(11-4-5-12-19)17-9-2-1-3-10-17/h1-3,9-10H,4-8,11-16H2/p+1. The third kappa shape index (κ3) is 3.35.